The van der Waals surface area contributed by atoms with E-state index in [4.69, 9.17) is 21.8 Å². The van der Waals surface area contributed by atoms with Crippen molar-refractivity contribution in [2.75, 3.05) is 0 Å². The predicted octanol–water partition coefficient (Wildman–Crippen LogP) is 11.1. The zero-order chi connectivity index (χ0) is 35.1. The van der Waals surface area contributed by atoms with E-state index >= 15 is 0 Å². The minimum absolute atomic E-state index is 0.922. The van der Waals surface area contributed by atoms with Gasteiger partial charge in [-0.3, -0.25) is 9.38 Å². The molecule has 8 aromatic carbocycles. The third-order valence-corrected chi connectivity index (χ3v) is 15.8. The van der Waals surface area contributed by atoms with Crippen LogP contribution in [0.3, 0.4) is 0 Å². The molecule has 0 amide bonds. The molecule has 3 nitrogen and oxygen atoms in total. The van der Waals surface area contributed by atoms with Crippen LogP contribution >= 0.6 is 6.04 Å². The molecule has 0 radical (unpaired) electrons. The highest BCUT2D eigenvalue weighted by molar-refractivity contribution is 8.25. The smallest absolute Gasteiger partial charge is 0.146 e. The van der Waals surface area contributed by atoms with Gasteiger partial charge in [-0.1, -0.05) is 151 Å². The molecular weight excluding hydrogens is 682 g/mol. The largest absolute Gasteiger partial charge is 0.291 e. The Labute approximate surface area is 310 Å². The molecule has 0 fully saturated rings. The summed E-state index contributed by atoms with van der Waals surface area (Å²) in [6.07, 6.45) is 2.03. The first kappa shape index (κ1) is 30.4. The SMILES string of the molecule is S=P(c1ccccc1)(c1ccc(-c2ccc3c(ccc4c5ccccc5c5nc6ccccc6n5c34)c2)nc1)c1cc2ccccc2c2ccccc12. The minimum atomic E-state index is -2.50. The topological polar surface area (TPSA) is 30.2 Å². The van der Waals surface area contributed by atoms with Gasteiger partial charge in [0, 0.05) is 44.6 Å². The molecule has 0 saturated carbocycles. The second-order valence-corrected chi connectivity index (χ2v) is 18.1. The number of imidazole rings is 1. The van der Waals surface area contributed by atoms with Crippen LogP contribution in [0.1, 0.15) is 0 Å². The van der Waals surface area contributed by atoms with Gasteiger partial charge in [-0.05, 0) is 74.0 Å². The number of para-hydroxylation sites is 2. The van der Waals surface area contributed by atoms with Crippen LogP contribution in [-0.4, -0.2) is 14.4 Å². The maximum atomic E-state index is 6.92. The molecule has 1 atom stereocenters. The fraction of sp³-hybridized carbons (Fsp3) is 0. The van der Waals surface area contributed by atoms with Gasteiger partial charge in [0.15, 0.2) is 0 Å². The second kappa shape index (κ2) is 11.7. The summed E-state index contributed by atoms with van der Waals surface area (Å²) < 4.78 is 2.34. The molecule has 0 bridgehead atoms. The van der Waals surface area contributed by atoms with Gasteiger partial charge < -0.3 is 0 Å². The molecule has 3 heterocycles. The van der Waals surface area contributed by atoms with Crippen molar-refractivity contribution in [1.29, 1.82) is 0 Å². The van der Waals surface area contributed by atoms with E-state index in [1.807, 2.05) is 6.20 Å². The highest BCUT2D eigenvalue weighted by atomic mass is 32.4. The van der Waals surface area contributed by atoms with E-state index in [1.54, 1.807) is 0 Å². The Balaban J connectivity index is 1.09. The Bertz CT molecular complexity index is 3310. The number of fused-ring (bicyclic) bond motifs is 13. The van der Waals surface area contributed by atoms with Crippen LogP contribution in [0.25, 0.3) is 81.9 Å². The Morgan fingerprint density at radius 1 is 0.472 bits per heavy atom. The summed E-state index contributed by atoms with van der Waals surface area (Å²) >= 11 is 6.92. The lowest BCUT2D eigenvalue weighted by Gasteiger charge is -2.26. The molecule has 0 aliphatic heterocycles. The third kappa shape index (κ3) is 4.50. The third-order valence-electron chi connectivity index (χ3n) is 10.8. The molecular formula is C48H30N3PS. The fourth-order valence-corrected chi connectivity index (χ4v) is 12.3. The van der Waals surface area contributed by atoms with E-state index in [0.717, 1.165) is 49.3 Å². The maximum absolute atomic E-state index is 6.92. The maximum Gasteiger partial charge on any atom is 0.146 e. The van der Waals surface area contributed by atoms with Crippen molar-refractivity contribution < 1.29 is 0 Å². The molecule has 5 heteroatoms. The number of nitrogens with zero attached hydrogens (tertiary/aromatic N) is 3. The van der Waals surface area contributed by atoms with Gasteiger partial charge in [-0.15, -0.1) is 0 Å². The lowest BCUT2D eigenvalue weighted by atomic mass is 9.98. The quantitative estimate of drug-likeness (QED) is 0.134. The van der Waals surface area contributed by atoms with E-state index in [9.17, 15) is 0 Å². The van der Waals surface area contributed by atoms with Crippen LogP contribution in [0.2, 0.25) is 0 Å². The highest BCUT2D eigenvalue weighted by Crippen LogP contribution is 2.46. The number of rotatable bonds is 4. The summed E-state index contributed by atoms with van der Waals surface area (Å²) in [5.74, 6) is 0. The van der Waals surface area contributed by atoms with Crippen molar-refractivity contribution in [1.82, 2.24) is 14.4 Å². The number of pyridine rings is 2. The van der Waals surface area contributed by atoms with Crippen LogP contribution in [0.5, 0.6) is 0 Å². The van der Waals surface area contributed by atoms with Crippen molar-refractivity contribution in [3.05, 3.63) is 182 Å². The molecule has 0 saturated heterocycles. The number of hydrogen-bond acceptors (Lipinski definition) is 3. The van der Waals surface area contributed by atoms with E-state index in [0.29, 0.717) is 0 Å². The van der Waals surface area contributed by atoms with Crippen molar-refractivity contribution in [3.8, 4) is 11.3 Å². The molecule has 3 aromatic heterocycles. The van der Waals surface area contributed by atoms with Gasteiger partial charge in [0.1, 0.15) is 5.65 Å². The second-order valence-electron chi connectivity index (χ2n) is 13.7. The van der Waals surface area contributed by atoms with Gasteiger partial charge in [0.2, 0.25) is 0 Å². The first-order valence-corrected chi connectivity index (χ1v) is 20.7. The molecule has 0 aliphatic carbocycles. The number of aromatic nitrogens is 3. The molecule has 11 rings (SSSR count). The van der Waals surface area contributed by atoms with Crippen LogP contribution < -0.4 is 15.9 Å². The molecule has 0 spiro atoms. The van der Waals surface area contributed by atoms with Gasteiger partial charge in [0.05, 0.1) is 22.2 Å². The van der Waals surface area contributed by atoms with Crippen LogP contribution in [-0.2, 0) is 11.8 Å². The first-order chi connectivity index (χ1) is 26.2. The Morgan fingerprint density at radius 2 is 1.13 bits per heavy atom. The zero-order valence-electron chi connectivity index (χ0n) is 28.5. The zero-order valence-corrected chi connectivity index (χ0v) is 30.2. The number of benzene rings is 8. The van der Waals surface area contributed by atoms with E-state index in [-0.39, 0.29) is 0 Å². The van der Waals surface area contributed by atoms with Gasteiger partial charge >= 0.3 is 0 Å². The summed E-state index contributed by atoms with van der Waals surface area (Å²) in [4.78, 5) is 10.3. The highest BCUT2D eigenvalue weighted by Gasteiger charge is 2.28. The van der Waals surface area contributed by atoms with Crippen molar-refractivity contribution in [2.45, 2.75) is 0 Å². The summed E-state index contributed by atoms with van der Waals surface area (Å²) in [6, 6.07) is 60.4. The molecule has 0 N–H and O–H groups in total. The van der Waals surface area contributed by atoms with E-state index < -0.39 is 6.04 Å². The molecule has 248 valence electrons. The summed E-state index contributed by atoms with van der Waals surface area (Å²) in [6.45, 7) is 0. The van der Waals surface area contributed by atoms with Crippen molar-refractivity contribution >= 4 is 104 Å². The van der Waals surface area contributed by atoms with E-state index in [2.05, 4.69) is 180 Å². The van der Waals surface area contributed by atoms with Gasteiger partial charge in [-0.25, -0.2) is 4.98 Å². The molecule has 1 unspecified atom stereocenters. The van der Waals surface area contributed by atoms with Gasteiger partial charge in [-0.2, -0.15) is 0 Å². The number of hydrogen-bond donors (Lipinski definition) is 0. The summed E-state index contributed by atoms with van der Waals surface area (Å²) in [5, 5.41) is 14.2. The standard InChI is InChI=1S/C48H30N3PS/c53-52(34-13-2-1-3-14-34,46-29-31-12-4-5-15-36(31)38-16-6-8-18-40(38)46)35-24-27-43(49-30-35)33-23-25-37-32(28-33)22-26-41-39-17-7-9-19-42(39)48-50-44-20-10-11-21-45(44)51(48)47(37)41/h1-30H. The average Bonchev–Trinajstić information content (AvgIpc) is 3.63. The monoisotopic (exact) mass is 711 g/mol. The van der Waals surface area contributed by atoms with Crippen molar-refractivity contribution in [2.24, 2.45) is 0 Å². The molecule has 53 heavy (non-hydrogen) atoms. The molecule has 0 aliphatic rings. The summed E-state index contributed by atoms with van der Waals surface area (Å²) in [7, 11) is 0. The predicted molar refractivity (Wildman–Crippen MR) is 230 cm³/mol. The van der Waals surface area contributed by atoms with Crippen LogP contribution in [0.15, 0.2) is 182 Å². The lowest BCUT2D eigenvalue weighted by molar-refractivity contribution is 1.32. The van der Waals surface area contributed by atoms with Crippen LogP contribution in [0.4, 0.5) is 0 Å². The Hall–Kier alpha value is -6.19. The fourth-order valence-electron chi connectivity index (χ4n) is 8.38. The van der Waals surface area contributed by atoms with Crippen LogP contribution in [0, 0.1) is 0 Å². The summed E-state index contributed by atoms with van der Waals surface area (Å²) in [5.41, 5.74) is 6.25. The van der Waals surface area contributed by atoms with E-state index in [1.165, 1.54) is 48.5 Å². The minimum Gasteiger partial charge on any atom is -0.291 e. The van der Waals surface area contributed by atoms with Crippen molar-refractivity contribution in [3.63, 3.8) is 0 Å². The lowest BCUT2D eigenvalue weighted by Crippen LogP contribution is -2.26. The molecule has 11 aromatic rings. The average molecular weight is 712 g/mol. The first-order valence-electron chi connectivity index (χ1n) is 17.8. The Kier molecular flexibility index (Phi) is 6.70. The Morgan fingerprint density at radius 3 is 1.94 bits per heavy atom. The normalized spacial score (nSPS) is 13.1. The van der Waals surface area contributed by atoms with Gasteiger partial charge in [0.25, 0.3) is 0 Å².